The molecule has 3 aromatic heterocycles. The van der Waals surface area contributed by atoms with Crippen LogP contribution < -0.4 is 0 Å². The first-order valence-corrected chi connectivity index (χ1v) is 9.29. The van der Waals surface area contributed by atoms with Crippen LogP contribution in [0.3, 0.4) is 0 Å². The van der Waals surface area contributed by atoms with Gasteiger partial charge in [0.25, 0.3) is 5.91 Å². The topological polar surface area (TPSA) is 125 Å². The van der Waals surface area contributed by atoms with Gasteiger partial charge in [-0.25, -0.2) is 4.98 Å². The van der Waals surface area contributed by atoms with E-state index in [1.54, 1.807) is 60.0 Å². The Morgan fingerprint density at radius 2 is 2.00 bits per heavy atom. The maximum atomic E-state index is 13.3. The van der Waals surface area contributed by atoms with Crippen LogP contribution in [0.1, 0.15) is 39.2 Å². The largest absolute Gasteiger partial charge is 0.347 e. The minimum Gasteiger partial charge on any atom is -0.347 e. The highest BCUT2D eigenvalue weighted by molar-refractivity contribution is 5.94. The number of carbonyl (C=O) groups excluding carboxylic acids is 1. The summed E-state index contributed by atoms with van der Waals surface area (Å²) in [5.74, 6) is 0.594. The molecular weight excluding hydrogens is 382 g/mol. The first kappa shape index (κ1) is 17.8. The average molecular weight is 397 g/mol. The highest BCUT2D eigenvalue weighted by Gasteiger charge is 2.36. The third kappa shape index (κ3) is 3.10. The molecule has 0 bridgehead atoms. The van der Waals surface area contributed by atoms with E-state index >= 15 is 0 Å². The molecule has 0 spiro atoms. The zero-order chi connectivity index (χ0) is 20.5. The molecule has 1 N–H and O–H groups in total. The van der Waals surface area contributed by atoms with Crippen LogP contribution in [0.25, 0.3) is 11.4 Å². The molecule has 4 heterocycles. The number of fused-ring (bicyclic) bond motifs is 1. The second-order valence-electron chi connectivity index (χ2n) is 6.86. The van der Waals surface area contributed by atoms with Crippen molar-refractivity contribution < 1.29 is 9.32 Å². The predicted octanol–water partition coefficient (Wildman–Crippen LogP) is 2.67. The number of nitriles is 1. The quantitative estimate of drug-likeness (QED) is 0.563. The number of nitrogens with zero attached hydrogens (tertiary/aromatic N) is 6. The van der Waals surface area contributed by atoms with Gasteiger partial charge in [0.15, 0.2) is 0 Å². The van der Waals surface area contributed by atoms with Gasteiger partial charge in [-0.3, -0.25) is 9.78 Å². The summed E-state index contributed by atoms with van der Waals surface area (Å²) in [4.78, 5) is 31.0. The Morgan fingerprint density at radius 3 is 2.77 bits per heavy atom. The number of hydrogen-bond donors (Lipinski definition) is 1. The molecular formula is C21H15N7O2. The Labute approximate surface area is 171 Å². The van der Waals surface area contributed by atoms with Gasteiger partial charge in [0, 0.05) is 29.9 Å². The number of amides is 1. The van der Waals surface area contributed by atoms with Gasteiger partial charge in [0.2, 0.25) is 11.7 Å². The molecule has 146 valence electrons. The molecule has 9 heteroatoms. The van der Waals surface area contributed by atoms with Crippen molar-refractivity contribution in [2.45, 2.75) is 19.0 Å². The van der Waals surface area contributed by atoms with Gasteiger partial charge in [-0.05, 0) is 36.4 Å². The van der Waals surface area contributed by atoms with E-state index in [4.69, 9.17) is 9.78 Å². The van der Waals surface area contributed by atoms with Crippen LogP contribution in [-0.4, -0.2) is 35.9 Å². The van der Waals surface area contributed by atoms with Crippen molar-refractivity contribution in [1.82, 2.24) is 30.0 Å². The molecule has 9 nitrogen and oxygen atoms in total. The van der Waals surface area contributed by atoms with Crippen LogP contribution in [0.4, 0.5) is 0 Å². The van der Waals surface area contributed by atoms with Gasteiger partial charge in [0.05, 0.1) is 35.9 Å². The minimum atomic E-state index is -0.452. The molecule has 1 aliphatic rings. The number of benzene rings is 1. The lowest BCUT2D eigenvalue weighted by molar-refractivity contribution is 0.0590. The molecule has 0 saturated heterocycles. The number of carbonyl (C=O) groups is 1. The van der Waals surface area contributed by atoms with Crippen LogP contribution >= 0.6 is 0 Å². The number of aromatic amines is 1. The van der Waals surface area contributed by atoms with Crippen LogP contribution in [0, 0.1) is 11.3 Å². The van der Waals surface area contributed by atoms with Crippen LogP contribution in [0.15, 0.2) is 59.6 Å². The molecule has 1 amide bonds. The number of aromatic nitrogens is 5. The smallest absolute Gasteiger partial charge is 0.254 e. The summed E-state index contributed by atoms with van der Waals surface area (Å²) in [6, 6.07) is 11.7. The van der Waals surface area contributed by atoms with Crippen molar-refractivity contribution in [2.24, 2.45) is 0 Å². The first-order chi connectivity index (χ1) is 14.7. The van der Waals surface area contributed by atoms with Crippen molar-refractivity contribution >= 4 is 5.91 Å². The van der Waals surface area contributed by atoms with E-state index in [1.165, 1.54) is 0 Å². The Morgan fingerprint density at radius 1 is 1.20 bits per heavy atom. The molecule has 0 saturated carbocycles. The van der Waals surface area contributed by atoms with E-state index in [9.17, 15) is 4.79 Å². The Bertz CT molecular complexity index is 1240. The van der Waals surface area contributed by atoms with E-state index in [2.05, 4.69) is 31.2 Å². The molecule has 0 fully saturated rings. The number of rotatable bonds is 3. The number of H-pyrrole nitrogens is 1. The third-order valence-corrected chi connectivity index (χ3v) is 5.09. The lowest BCUT2D eigenvalue weighted by Gasteiger charge is -2.32. The Hall–Kier alpha value is -4.32. The molecule has 0 radical (unpaired) electrons. The summed E-state index contributed by atoms with van der Waals surface area (Å²) >= 11 is 0. The summed E-state index contributed by atoms with van der Waals surface area (Å²) in [6.45, 7) is 0.339. The van der Waals surface area contributed by atoms with Gasteiger partial charge >= 0.3 is 0 Å². The van der Waals surface area contributed by atoms with Crippen molar-refractivity contribution in [3.63, 3.8) is 0 Å². The zero-order valence-corrected chi connectivity index (χ0v) is 15.7. The first-order valence-electron chi connectivity index (χ1n) is 9.29. The number of pyridine rings is 1. The third-order valence-electron chi connectivity index (χ3n) is 5.09. The fraction of sp³-hybridized carbons (Fsp3) is 0.143. The second kappa shape index (κ2) is 7.25. The summed E-state index contributed by atoms with van der Waals surface area (Å²) < 4.78 is 5.55. The summed E-state index contributed by atoms with van der Waals surface area (Å²) in [6.07, 6.45) is 5.39. The standard InChI is InChI=1S/C21H15N7O2/c22-10-13-1-3-15(4-2-13)21(29)28-11-17-16(24-12-25-17)9-18(28)20-26-19(27-30-20)14-5-7-23-8-6-14/h1-8,12,18H,9,11H2,(H,24,25)/t18-/m0/s1. The van der Waals surface area contributed by atoms with E-state index in [0.29, 0.717) is 35.8 Å². The highest BCUT2D eigenvalue weighted by Crippen LogP contribution is 2.33. The minimum absolute atomic E-state index is 0.187. The van der Waals surface area contributed by atoms with Gasteiger partial charge < -0.3 is 14.4 Å². The maximum Gasteiger partial charge on any atom is 0.254 e. The monoisotopic (exact) mass is 397 g/mol. The molecule has 1 aromatic carbocycles. The highest BCUT2D eigenvalue weighted by atomic mass is 16.5. The van der Waals surface area contributed by atoms with Crippen LogP contribution in [-0.2, 0) is 13.0 Å². The predicted molar refractivity (Wildman–Crippen MR) is 104 cm³/mol. The number of nitrogens with one attached hydrogen (secondary N) is 1. The fourth-order valence-electron chi connectivity index (χ4n) is 3.51. The number of hydrogen-bond acceptors (Lipinski definition) is 7. The average Bonchev–Trinajstić information content (AvgIpc) is 3.48. The molecule has 4 aromatic rings. The van der Waals surface area contributed by atoms with Gasteiger partial charge in [0.1, 0.15) is 6.04 Å². The number of imidazole rings is 1. The lowest BCUT2D eigenvalue weighted by Crippen LogP contribution is -2.39. The van der Waals surface area contributed by atoms with Crippen LogP contribution in [0.5, 0.6) is 0 Å². The molecule has 1 aliphatic heterocycles. The lowest BCUT2D eigenvalue weighted by atomic mass is 10.0. The summed E-state index contributed by atoms with van der Waals surface area (Å²) in [5, 5.41) is 13.1. The SMILES string of the molecule is N#Cc1ccc(C(=O)N2Cc3[nH]cnc3C[C@H]2c2nc(-c3ccncc3)no2)cc1. The zero-order valence-electron chi connectivity index (χ0n) is 15.7. The van der Waals surface area contributed by atoms with Gasteiger partial charge in [-0.15, -0.1) is 0 Å². The molecule has 1 atom stereocenters. The maximum absolute atomic E-state index is 13.3. The van der Waals surface area contributed by atoms with E-state index in [-0.39, 0.29) is 5.91 Å². The molecule has 0 unspecified atom stereocenters. The van der Waals surface area contributed by atoms with Crippen molar-refractivity contribution in [3.05, 3.63) is 83.5 Å². The normalized spacial score (nSPS) is 15.4. The fourth-order valence-corrected chi connectivity index (χ4v) is 3.51. The molecule has 5 rings (SSSR count). The second-order valence-corrected chi connectivity index (χ2v) is 6.86. The molecule has 30 heavy (non-hydrogen) atoms. The van der Waals surface area contributed by atoms with E-state index in [0.717, 1.165) is 17.0 Å². The summed E-state index contributed by atoms with van der Waals surface area (Å²) in [5.41, 5.74) is 3.50. The van der Waals surface area contributed by atoms with Gasteiger partial charge in [-0.2, -0.15) is 10.2 Å². The Balaban J connectivity index is 1.50. The van der Waals surface area contributed by atoms with E-state index in [1.807, 2.05) is 0 Å². The Kier molecular flexibility index (Phi) is 4.29. The van der Waals surface area contributed by atoms with Crippen molar-refractivity contribution in [1.29, 1.82) is 5.26 Å². The van der Waals surface area contributed by atoms with Crippen molar-refractivity contribution in [3.8, 4) is 17.5 Å². The van der Waals surface area contributed by atoms with Crippen molar-refractivity contribution in [2.75, 3.05) is 0 Å². The molecule has 0 aliphatic carbocycles. The van der Waals surface area contributed by atoms with Gasteiger partial charge in [-0.1, -0.05) is 5.16 Å². The van der Waals surface area contributed by atoms with Crippen LogP contribution in [0.2, 0.25) is 0 Å². The van der Waals surface area contributed by atoms with E-state index < -0.39 is 6.04 Å². The summed E-state index contributed by atoms with van der Waals surface area (Å²) in [7, 11) is 0.